The van der Waals surface area contributed by atoms with Gasteiger partial charge in [-0.05, 0) is 117 Å². The third-order valence-corrected chi connectivity index (χ3v) is 11.0. The largest absolute Gasteiger partial charge is 0.504 e. The van der Waals surface area contributed by atoms with E-state index in [0.29, 0.717) is 43.4 Å². The second-order valence-electron chi connectivity index (χ2n) is 13.8. The molecule has 0 amide bonds. The SMILES string of the molecule is CCC1CCCC(C(O)CC(O)CCc2ccc(O)c(OCCC(c3ccnc(N)c3)C3(c4ccc[nH]4)CCCCC3)c2)CC1. The third-order valence-electron chi connectivity index (χ3n) is 11.0. The molecule has 7 heteroatoms. The van der Waals surface area contributed by atoms with Gasteiger partial charge in [0.1, 0.15) is 5.82 Å². The van der Waals surface area contributed by atoms with E-state index < -0.39 is 12.2 Å². The number of H-pyrrole nitrogens is 1. The molecule has 1 aromatic carbocycles. The minimum atomic E-state index is -0.559. The zero-order valence-electron chi connectivity index (χ0n) is 27.2. The zero-order valence-corrected chi connectivity index (χ0v) is 27.2. The van der Waals surface area contributed by atoms with Gasteiger partial charge in [0.2, 0.25) is 0 Å². The van der Waals surface area contributed by atoms with Crippen LogP contribution in [-0.4, -0.2) is 44.1 Å². The van der Waals surface area contributed by atoms with E-state index in [1.54, 1.807) is 12.3 Å². The van der Waals surface area contributed by atoms with E-state index in [9.17, 15) is 15.3 Å². The van der Waals surface area contributed by atoms with Gasteiger partial charge in [-0.3, -0.25) is 0 Å². The smallest absolute Gasteiger partial charge is 0.161 e. The molecule has 0 aliphatic heterocycles. The summed E-state index contributed by atoms with van der Waals surface area (Å²) in [6.45, 7) is 2.71. The molecule has 2 heterocycles. The van der Waals surface area contributed by atoms with Crippen molar-refractivity contribution in [3.8, 4) is 11.5 Å². The number of rotatable bonds is 14. The number of pyridine rings is 1. The number of nitrogens with two attached hydrogens (primary N) is 1. The summed E-state index contributed by atoms with van der Waals surface area (Å²) in [5, 5.41) is 32.4. The van der Waals surface area contributed by atoms with Crippen LogP contribution >= 0.6 is 0 Å². The Kier molecular flexibility index (Phi) is 11.8. The molecule has 45 heavy (non-hydrogen) atoms. The predicted molar refractivity (Wildman–Crippen MR) is 180 cm³/mol. The van der Waals surface area contributed by atoms with Gasteiger partial charge in [-0.25, -0.2) is 4.98 Å². The quantitative estimate of drug-likeness (QED) is 0.118. The summed E-state index contributed by atoms with van der Waals surface area (Å²) >= 11 is 0. The minimum Gasteiger partial charge on any atom is -0.504 e. The fraction of sp³-hybridized carbons (Fsp3) is 0.605. The Bertz CT molecular complexity index is 1310. The second-order valence-corrected chi connectivity index (χ2v) is 13.8. The van der Waals surface area contributed by atoms with Gasteiger partial charge in [0.25, 0.3) is 0 Å². The summed E-state index contributed by atoms with van der Waals surface area (Å²) in [7, 11) is 0. The molecule has 2 fully saturated rings. The van der Waals surface area contributed by atoms with Gasteiger partial charge in [0, 0.05) is 23.5 Å². The first kappa shape index (κ1) is 33.3. The standard InChI is InChI=1S/C38H55N3O4/c1-2-27-8-6-9-29(14-11-27)34(44)26-31(42)15-12-28-13-16-33(43)35(24-28)45-23-18-32(30-17-22-41-37(39)25-30)38(19-4-3-5-20-38)36-10-7-21-40-36/h7,10,13,16-17,21-22,24-25,27,29,31-32,34,40,42-44H,2-6,8-9,11-12,14-15,18-20,23,26H2,1H3,(H2,39,41). The van der Waals surface area contributed by atoms with Gasteiger partial charge in [0.15, 0.2) is 11.5 Å². The molecular formula is C38H55N3O4. The number of nitrogen functional groups attached to an aromatic ring is 1. The summed E-state index contributed by atoms with van der Waals surface area (Å²) in [4.78, 5) is 7.79. The fourth-order valence-corrected chi connectivity index (χ4v) is 8.31. The van der Waals surface area contributed by atoms with E-state index in [4.69, 9.17) is 10.5 Å². The Morgan fingerprint density at radius 2 is 1.84 bits per heavy atom. The fourth-order valence-electron chi connectivity index (χ4n) is 8.31. The van der Waals surface area contributed by atoms with Gasteiger partial charge >= 0.3 is 0 Å². The van der Waals surface area contributed by atoms with Crippen LogP contribution in [0.4, 0.5) is 5.82 Å². The highest BCUT2D eigenvalue weighted by atomic mass is 16.5. The number of nitrogens with zero attached hydrogens (tertiary/aromatic N) is 1. The molecular weight excluding hydrogens is 562 g/mol. The molecule has 2 saturated carbocycles. The zero-order chi connectivity index (χ0) is 31.6. The molecule has 5 unspecified atom stereocenters. The van der Waals surface area contributed by atoms with Crippen LogP contribution < -0.4 is 10.5 Å². The Morgan fingerprint density at radius 3 is 2.60 bits per heavy atom. The highest BCUT2D eigenvalue weighted by Crippen LogP contribution is 2.50. The number of aromatic amines is 1. The molecule has 5 rings (SSSR count). The van der Waals surface area contributed by atoms with Gasteiger partial charge < -0.3 is 30.8 Å². The Labute approximate surface area is 269 Å². The number of aliphatic hydroxyl groups is 2. The monoisotopic (exact) mass is 617 g/mol. The number of hydrogen-bond acceptors (Lipinski definition) is 6. The summed E-state index contributed by atoms with van der Waals surface area (Å²) < 4.78 is 6.28. The van der Waals surface area contributed by atoms with Crippen LogP contribution in [-0.2, 0) is 11.8 Å². The molecule has 246 valence electrons. The summed E-state index contributed by atoms with van der Waals surface area (Å²) in [5.74, 6) is 2.37. The maximum absolute atomic E-state index is 10.9. The van der Waals surface area contributed by atoms with Crippen molar-refractivity contribution in [2.24, 2.45) is 11.8 Å². The number of anilines is 1. The van der Waals surface area contributed by atoms with Crippen molar-refractivity contribution in [2.75, 3.05) is 12.3 Å². The molecule has 0 radical (unpaired) electrons. The van der Waals surface area contributed by atoms with Crippen molar-refractivity contribution in [3.05, 3.63) is 71.7 Å². The summed E-state index contributed by atoms with van der Waals surface area (Å²) in [5.41, 5.74) is 9.56. The minimum absolute atomic E-state index is 0.0437. The maximum Gasteiger partial charge on any atom is 0.161 e. The second kappa shape index (κ2) is 16.0. The van der Waals surface area contributed by atoms with Crippen LogP contribution in [0.5, 0.6) is 11.5 Å². The molecule has 0 bridgehead atoms. The molecule has 7 nitrogen and oxygen atoms in total. The normalized spacial score (nSPS) is 22.3. The lowest BCUT2D eigenvalue weighted by atomic mass is 9.61. The first-order chi connectivity index (χ1) is 21.9. The number of aliphatic hydroxyl groups excluding tert-OH is 2. The van der Waals surface area contributed by atoms with Crippen LogP contribution in [0, 0.1) is 11.8 Å². The Hall–Kier alpha value is -3.03. The molecule has 2 aliphatic rings. The average Bonchev–Trinajstić information content (AvgIpc) is 3.49. The summed E-state index contributed by atoms with van der Waals surface area (Å²) in [6, 6.07) is 13.9. The molecule has 2 aromatic heterocycles. The van der Waals surface area contributed by atoms with Gasteiger partial charge in [-0.1, -0.05) is 57.9 Å². The highest BCUT2D eigenvalue weighted by molar-refractivity contribution is 5.42. The lowest BCUT2D eigenvalue weighted by molar-refractivity contribution is 0.0352. The number of aryl methyl sites for hydroxylation is 1. The first-order valence-corrected chi connectivity index (χ1v) is 17.5. The van der Waals surface area contributed by atoms with E-state index in [0.717, 1.165) is 43.6 Å². The van der Waals surface area contributed by atoms with Crippen molar-refractivity contribution in [1.82, 2.24) is 9.97 Å². The van der Waals surface area contributed by atoms with E-state index in [1.165, 1.54) is 56.2 Å². The third kappa shape index (κ3) is 8.62. The van der Waals surface area contributed by atoms with Crippen LogP contribution in [0.25, 0.3) is 0 Å². The van der Waals surface area contributed by atoms with Crippen LogP contribution in [0.1, 0.15) is 120 Å². The highest BCUT2D eigenvalue weighted by Gasteiger charge is 2.42. The summed E-state index contributed by atoms with van der Waals surface area (Å²) in [6.07, 6.45) is 18.0. The predicted octanol–water partition coefficient (Wildman–Crippen LogP) is 7.80. The van der Waals surface area contributed by atoms with Crippen molar-refractivity contribution in [3.63, 3.8) is 0 Å². The molecule has 3 aromatic rings. The lowest BCUT2D eigenvalue weighted by Gasteiger charge is -2.44. The van der Waals surface area contributed by atoms with Crippen molar-refractivity contribution in [2.45, 2.75) is 127 Å². The molecule has 5 atom stereocenters. The number of phenolic OH excluding ortho intramolecular Hbond substituents is 1. The van der Waals surface area contributed by atoms with Crippen LogP contribution in [0.3, 0.4) is 0 Å². The average molecular weight is 618 g/mol. The maximum atomic E-state index is 10.9. The van der Waals surface area contributed by atoms with Crippen molar-refractivity contribution < 1.29 is 20.1 Å². The number of hydrogen-bond donors (Lipinski definition) is 5. The van der Waals surface area contributed by atoms with E-state index >= 15 is 0 Å². The number of nitrogens with one attached hydrogen (secondary N) is 1. The molecule has 0 spiro atoms. The molecule has 0 saturated heterocycles. The molecule has 2 aliphatic carbocycles. The van der Waals surface area contributed by atoms with E-state index in [2.05, 4.69) is 35.1 Å². The van der Waals surface area contributed by atoms with Gasteiger partial charge in [-0.15, -0.1) is 0 Å². The van der Waals surface area contributed by atoms with Gasteiger partial charge in [-0.2, -0.15) is 0 Å². The number of ether oxygens (including phenoxy) is 1. The Balaban J connectivity index is 1.20. The van der Waals surface area contributed by atoms with E-state index in [1.807, 2.05) is 24.4 Å². The number of phenols is 1. The van der Waals surface area contributed by atoms with Crippen LogP contribution in [0.15, 0.2) is 54.9 Å². The van der Waals surface area contributed by atoms with E-state index in [-0.39, 0.29) is 17.1 Å². The molecule has 6 N–H and O–H groups in total. The number of aromatic nitrogens is 2. The van der Waals surface area contributed by atoms with Crippen LogP contribution in [0.2, 0.25) is 0 Å². The number of benzene rings is 1. The number of aromatic hydroxyl groups is 1. The first-order valence-electron chi connectivity index (χ1n) is 17.5. The Morgan fingerprint density at radius 1 is 1.00 bits per heavy atom. The van der Waals surface area contributed by atoms with Crippen molar-refractivity contribution >= 4 is 5.82 Å². The van der Waals surface area contributed by atoms with Gasteiger partial charge in [0.05, 0.1) is 18.8 Å². The van der Waals surface area contributed by atoms with Crippen molar-refractivity contribution in [1.29, 1.82) is 0 Å². The topological polar surface area (TPSA) is 125 Å². The lowest BCUT2D eigenvalue weighted by Crippen LogP contribution is -2.37.